The molecule has 0 aliphatic carbocycles. The first-order valence-corrected chi connectivity index (χ1v) is 9.57. The van der Waals surface area contributed by atoms with E-state index in [0.717, 1.165) is 26.2 Å². The number of nitrogens with one attached hydrogen (secondary N) is 2. The molecule has 0 radical (unpaired) electrons. The zero-order chi connectivity index (χ0) is 20.6. The van der Waals surface area contributed by atoms with E-state index in [2.05, 4.69) is 44.1 Å². The van der Waals surface area contributed by atoms with Crippen molar-refractivity contribution >= 4 is 5.96 Å². The van der Waals surface area contributed by atoms with Gasteiger partial charge in [0.2, 0.25) is 0 Å². The summed E-state index contributed by atoms with van der Waals surface area (Å²) in [7, 11) is 2.12. The second-order valence-corrected chi connectivity index (χ2v) is 6.92. The molecule has 1 aliphatic heterocycles. The van der Waals surface area contributed by atoms with E-state index < -0.39 is 6.36 Å². The van der Waals surface area contributed by atoms with Gasteiger partial charge < -0.3 is 20.3 Å². The van der Waals surface area contributed by atoms with Crippen LogP contribution in [0.15, 0.2) is 29.3 Å². The number of aliphatic imine (C=N–C) groups is 1. The number of hydrogen-bond acceptors (Lipinski definition) is 4. The molecule has 28 heavy (non-hydrogen) atoms. The van der Waals surface area contributed by atoms with E-state index in [1.165, 1.54) is 12.1 Å². The smallest absolute Gasteiger partial charge is 0.405 e. The van der Waals surface area contributed by atoms with Crippen molar-refractivity contribution in [3.8, 4) is 5.75 Å². The lowest BCUT2D eigenvalue weighted by Crippen LogP contribution is -2.52. The normalized spacial score (nSPS) is 18.0. The number of nitrogens with zero attached hydrogens (tertiary/aromatic N) is 3. The van der Waals surface area contributed by atoms with Gasteiger partial charge in [-0.1, -0.05) is 18.2 Å². The summed E-state index contributed by atoms with van der Waals surface area (Å²) in [6.07, 6.45) is -4.72. The molecule has 2 rings (SSSR count). The molecule has 1 saturated heterocycles. The number of benzene rings is 1. The van der Waals surface area contributed by atoms with E-state index in [9.17, 15) is 13.2 Å². The van der Waals surface area contributed by atoms with Crippen molar-refractivity contribution in [2.45, 2.75) is 32.8 Å². The number of hydrogen-bond donors (Lipinski definition) is 2. The summed E-state index contributed by atoms with van der Waals surface area (Å²) < 4.78 is 41.8. The van der Waals surface area contributed by atoms with Crippen LogP contribution in [0, 0.1) is 0 Å². The van der Waals surface area contributed by atoms with Gasteiger partial charge in [-0.15, -0.1) is 13.2 Å². The summed E-state index contributed by atoms with van der Waals surface area (Å²) in [5.74, 6) is 0.352. The molecule has 158 valence electrons. The third-order valence-corrected chi connectivity index (χ3v) is 4.68. The van der Waals surface area contributed by atoms with Gasteiger partial charge in [0.25, 0.3) is 0 Å². The number of guanidine groups is 1. The van der Waals surface area contributed by atoms with Crippen LogP contribution in [0.2, 0.25) is 0 Å². The molecule has 1 aromatic rings. The van der Waals surface area contributed by atoms with Crippen molar-refractivity contribution in [2.75, 3.05) is 46.3 Å². The molecule has 6 nitrogen and oxygen atoms in total. The van der Waals surface area contributed by atoms with E-state index >= 15 is 0 Å². The van der Waals surface area contributed by atoms with Gasteiger partial charge in [-0.05, 0) is 27.0 Å². The molecule has 0 spiro atoms. The molecule has 1 aromatic carbocycles. The van der Waals surface area contributed by atoms with Crippen LogP contribution in [-0.2, 0) is 6.54 Å². The Morgan fingerprint density at radius 2 is 1.86 bits per heavy atom. The number of piperazine rings is 1. The van der Waals surface area contributed by atoms with Crippen LogP contribution in [0.25, 0.3) is 0 Å². The number of likely N-dealkylation sites (N-methyl/N-ethyl adjacent to an activating group) is 1. The van der Waals surface area contributed by atoms with Crippen LogP contribution in [0.5, 0.6) is 5.75 Å². The third-order valence-electron chi connectivity index (χ3n) is 4.68. The first-order chi connectivity index (χ1) is 13.3. The molecular weight excluding hydrogens is 371 g/mol. The fraction of sp³-hybridized carbons (Fsp3) is 0.632. The highest BCUT2D eigenvalue weighted by molar-refractivity contribution is 5.79. The van der Waals surface area contributed by atoms with Gasteiger partial charge in [0.05, 0.1) is 6.54 Å². The van der Waals surface area contributed by atoms with E-state index in [1.54, 1.807) is 12.1 Å². The van der Waals surface area contributed by atoms with Crippen molar-refractivity contribution in [2.24, 2.45) is 4.99 Å². The summed E-state index contributed by atoms with van der Waals surface area (Å²) in [6, 6.07) is 6.40. The Morgan fingerprint density at radius 1 is 1.18 bits per heavy atom. The Morgan fingerprint density at radius 3 is 2.50 bits per heavy atom. The SMILES string of the molecule is CCNC(=NCc1ccccc1OC(F)(F)F)NCC(C)N1CCN(C)CC1. The Hall–Kier alpha value is -2.00. The number of para-hydroxylation sites is 1. The third kappa shape index (κ3) is 7.55. The van der Waals surface area contributed by atoms with Gasteiger partial charge in [0, 0.05) is 50.9 Å². The van der Waals surface area contributed by atoms with Gasteiger partial charge in [-0.3, -0.25) is 4.90 Å². The van der Waals surface area contributed by atoms with Crippen LogP contribution in [0.4, 0.5) is 13.2 Å². The lowest BCUT2D eigenvalue weighted by molar-refractivity contribution is -0.274. The van der Waals surface area contributed by atoms with Gasteiger partial charge in [0.1, 0.15) is 5.75 Å². The van der Waals surface area contributed by atoms with Gasteiger partial charge >= 0.3 is 6.36 Å². The highest BCUT2D eigenvalue weighted by Crippen LogP contribution is 2.26. The predicted molar refractivity (Wildman–Crippen MR) is 104 cm³/mol. The summed E-state index contributed by atoms with van der Waals surface area (Å²) in [5.41, 5.74) is 0.379. The molecule has 2 N–H and O–H groups in total. The molecule has 1 unspecified atom stereocenters. The number of halogens is 3. The average Bonchev–Trinajstić information content (AvgIpc) is 2.64. The fourth-order valence-electron chi connectivity index (χ4n) is 3.00. The average molecular weight is 401 g/mol. The molecule has 0 aromatic heterocycles. The van der Waals surface area contributed by atoms with E-state index in [-0.39, 0.29) is 12.3 Å². The van der Waals surface area contributed by atoms with E-state index in [0.29, 0.717) is 30.7 Å². The zero-order valence-electron chi connectivity index (χ0n) is 16.7. The Balaban J connectivity index is 1.95. The van der Waals surface area contributed by atoms with Crippen LogP contribution in [-0.4, -0.2) is 74.5 Å². The maximum absolute atomic E-state index is 12.6. The largest absolute Gasteiger partial charge is 0.573 e. The molecular formula is C19H30F3N5O. The quantitative estimate of drug-likeness (QED) is 0.542. The maximum Gasteiger partial charge on any atom is 0.573 e. The topological polar surface area (TPSA) is 52.1 Å². The van der Waals surface area contributed by atoms with Crippen molar-refractivity contribution in [3.05, 3.63) is 29.8 Å². The molecule has 0 bridgehead atoms. The molecule has 0 saturated carbocycles. The van der Waals surface area contributed by atoms with Crippen molar-refractivity contribution in [3.63, 3.8) is 0 Å². The van der Waals surface area contributed by atoms with E-state index in [1.807, 2.05) is 6.92 Å². The second-order valence-electron chi connectivity index (χ2n) is 6.92. The first kappa shape index (κ1) is 22.3. The Bertz CT molecular complexity index is 630. The second kappa shape index (κ2) is 10.5. The molecule has 1 aliphatic rings. The van der Waals surface area contributed by atoms with Crippen molar-refractivity contribution in [1.29, 1.82) is 0 Å². The summed E-state index contributed by atoms with van der Waals surface area (Å²) >= 11 is 0. The predicted octanol–water partition coefficient (Wildman–Crippen LogP) is 2.28. The number of alkyl halides is 3. The Labute approximate surface area is 164 Å². The minimum atomic E-state index is -4.72. The standard InChI is InChI=1S/C19H30F3N5O/c1-4-23-18(24-13-15(2)27-11-9-26(3)10-12-27)25-14-16-7-5-6-8-17(16)28-19(20,21)22/h5-8,15H,4,9-14H2,1-3H3,(H2,23,24,25). The van der Waals surface area contributed by atoms with Crippen LogP contribution in [0.3, 0.4) is 0 Å². The fourth-order valence-corrected chi connectivity index (χ4v) is 3.00. The van der Waals surface area contributed by atoms with Gasteiger partial charge in [-0.25, -0.2) is 4.99 Å². The Kier molecular flexibility index (Phi) is 8.37. The van der Waals surface area contributed by atoms with Crippen LogP contribution < -0.4 is 15.4 Å². The highest BCUT2D eigenvalue weighted by Gasteiger charge is 2.31. The minimum Gasteiger partial charge on any atom is -0.405 e. The van der Waals surface area contributed by atoms with E-state index in [4.69, 9.17) is 0 Å². The number of ether oxygens (including phenoxy) is 1. The minimum absolute atomic E-state index is 0.0878. The van der Waals surface area contributed by atoms with Crippen molar-refractivity contribution < 1.29 is 17.9 Å². The molecule has 1 fully saturated rings. The molecule has 1 heterocycles. The highest BCUT2D eigenvalue weighted by atomic mass is 19.4. The maximum atomic E-state index is 12.6. The van der Waals surface area contributed by atoms with Gasteiger partial charge in [0.15, 0.2) is 5.96 Å². The monoisotopic (exact) mass is 401 g/mol. The summed E-state index contributed by atoms with van der Waals surface area (Å²) in [5, 5.41) is 6.42. The van der Waals surface area contributed by atoms with Crippen LogP contribution >= 0.6 is 0 Å². The lowest BCUT2D eigenvalue weighted by atomic mass is 10.2. The first-order valence-electron chi connectivity index (χ1n) is 9.57. The molecule has 0 amide bonds. The number of rotatable bonds is 7. The summed E-state index contributed by atoms with van der Waals surface area (Å²) in [4.78, 5) is 9.15. The van der Waals surface area contributed by atoms with Crippen LogP contribution in [0.1, 0.15) is 19.4 Å². The summed E-state index contributed by atoms with van der Waals surface area (Å²) in [6.45, 7) is 9.71. The zero-order valence-corrected chi connectivity index (χ0v) is 16.7. The lowest BCUT2D eigenvalue weighted by Gasteiger charge is -2.36. The van der Waals surface area contributed by atoms with Gasteiger partial charge in [-0.2, -0.15) is 0 Å². The van der Waals surface area contributed by atoms with Crippen molar-refractivity contribution in [1.82, 2.24) is 20.4 Å². The molecule has 9 heteroatoms. The molecule has 1 atom stereocenters.